The molecule has 23 heteroatoms. The Morgan fingerprint density at radius 3 is 1.25 bits per heavy atom. The van der Waals surface area contributed by atoms with Gasteiger partial charge in [-0.2, -0.15) is 21.0 Å². The first-order chi connectivity index (χ1) is 24.7. The van der Waals surface area contributed by atoms with Crippen molar-refractivity contribution >= 4 is 65.1 Å². The number of benzene rings is 4. The van der Waals surface area contributed by atoms with Gasteiger partial charge in [0.25, 0.3) is 0 Å². The Kier molecular flexibility index (Phi) is 11.3. The molecule has 0 aliphatic heterocycles. The first kappa shape index (κ1) is 38.7. The maximum atomic E-state index is 12.0. The molecule has 0 bridgehead atoms. The van der Waals surface area contributed by atoms with E-state index in [1.807, 2.05) is 0 Å². The van der Waals surface area contributed by atoms with Gasteiger partial charge < -0.3 is 39.3 Å². The zero-order valence-electron chi connectivity index (χ0n) is 25.5. The molecule has 0 radical (unpaired) electrons. The summed E-state index contributed by atoms with van der Waals surface area (Å²) in [4.78, 5) is 13.9. The number of azo groups is 2. The van der Waals surface area contributed by atoms with Gasteiger partial charge in [0.15, 0.2) is 0 Å². The first-order valence-corrected chi connectivity index (χ1v) is 16.4. The number of hydrogen-bond acceptors (Lipinski definition) is 18. The minimum absolute atomic E-state index is 0. The van der Waals surface area contributed by atoms with Crippen LogP contribution >= 0.6 is 0 Å². The van der Waals surface area contributed by atoms with E-state index in [4.69, 9.17) is 21.0 Å². The third-order valence-electron chi connectivity index (χ3n) is 6.63. The fourth-order valence-corrected chi connectivity index (χ4v) is 5.32. The van der Waals surface area contributed by atoms with Crippen molar-refractivity contribution in [2.24, 2.45) is 20.5 Å². The van der Waals surface area contributed by atoms with Crippen molar-refractivity contribution in [2.45, 2.75) is 9.79 Å². The maximum Gasteiger partial charge on any atom is 2.00 e. The van der Waals surface area contributed by atoms with Gasteiger partial charge in [-0.1, -0.05) is 47.9 Å². The van der Waals surface area contributed by atoms with Crippen molar-refractivity contribution in [3.63, 3.8) is 0 Å². The molecule has 20 nitrogen and oxygen atoms in total. The van der Waals surface area contributed by atoms with E-state index < -0.39 is 41.5 Å². The van der Waals surface area contributed by atoms with E-state index in [0.717, 1.165) is 36.4 Å². The molecule has 6 rings (SSSR count). The van der Waals surface area contributed by atoms with Gasteiger partial charge in [0.05, 0.1) is 43.9 Å². The van der Waals surface area contributed by atoms with Gasteiger partial charge in [-0.3, -0.25) is 10.2 Å². The molecule has 264 valence electrons. The van der Waals surface area contributed by atoms with Crippen LogP contribution in [0.3, 0.4) is 0 Å². The third-order valence-corrected chi connectivity index (χ3v) is 8.29. The number of imidazole rings is 2. The van der Waals surface area contributed by atoms with Crippen LogP contribution in [0.15, 0.2) is 90.9 Å². The molecule has 0 saturated carbocycles. The van der Waals surface area contributed by atoms with Crippen molar-refractivity contribution in [1.82, 2.24) is 19.9 Å². The Labute approximate surface area is 307 Å². The topological polar surface area (TPSA) is 359 Å². The Bertz CT molecular complexity index is 2640. The van der Waals surface area contributed by atoms with Crippen LogP contribution in [0.25, 0.3) is 21.5 Å². The summed E-state index contributed by atoms with van der Waals surface area (Å²) in [5.74, 6) is -1.56. The summed E-state index contributed by atoms with van der Waals surface area (Å²) in [7, 11) is -9.29. The minimum Gasteiger partial charge on any atom is -0.871 e. The zero-order chi connectivity index (χ0) is 37.8. The molecular weight excluding hydrogens is 779 g/mol. The van der Waals surface area contributed by atoms with Crippen LogP contribution in [0.1, 0.15) is 22.8 Å². The summed E-state index contributed by atoms with van der Waals surface area (Å²) in [5.41, 5.74) is -1.11. The maximum absolute atomic E-state index is 12.0. The molecule has 0 fully saturated rings. The molecule has 4 aromatic carbocycles. The van der Waals surface area contributed by atoms with Gasteiger partial charge >= 0.3 is 16.5 Å². The van der Waals surface area contributed by atoms with E-state index in [-0.39, 0.29) is 73.3 Å². The van der Waals surface area contributed by atoms with Crippen molar-refractivity contribution in [3.8, 4) is 35.8 Å². The van der Waals surface area contributed by atoms with Crippen LogP contribution in [-0.4, -0.2) is 35.9 Å². The SMILES string of the molecule is N#Cc1nc(N=Nc2c([O-])ccc3cc(S(=O)(=O)[O-])ccc23)[n-]c1C#N.N#Cc1nc(N=Nc2c([O-])ccc3cc(S(=O)(=O)[O-])ccc23)[n-]c1C#N.[Ni+2]. The van der Waals surface area contributed by atoms with Crippen molar-refractivity contribution in [3.05, 3.63) is 83.4 Å². The Morgan fingerprint density at radius 2 is 0.943 bits per heavy atom. The summed E-state index contributed by atoms with van der Waals surface area (Å²) in [6, 6.07) is 18.6. The largest absolute Gasteiger partial charge is 2.00 e. The second-order valence-electron chi connectivity index (χ2n) is 9.79. The van der Waals surface area contributed by atoms with Crippen molar-refractivity contribution in [2.75, 3.05) is 0 Å². The first-order valence-electron chi connectivity index (χ1n) is 13.6. The number of aromatic nitrogens is 4. The van der Waals surface area contributed by atoms with E-state index in [1.54, 1.807) is 24.3 Å². The van der Waals surface area contributed by atoms with Gasteiger partial charge in [0.2, 0.25) is 0 Å². The molecule has 0 amide bonds. The zero-order valence-corrected chi connectivity index (χ0v) is 28.2. The molecule has 0 saturated heterocycles. The van der Waals surface area contributed by atoms with E-state index in [0.29, 0.717) is 10.8 Å². The molecule has 2 heterocycles. The monoisotopic (exact) mass is 788 g/mol. The Balaban J connectivity index is 0.000000232. The van der Waals surface area contributed by atoms with Crippen LogP contribution in [0.2, 0.25) is 0 Å². The smallest absolute Gasteiger partial charge is 0.871 e. The molecule has 2 aromatic heterocycles. The van der Waals surface area contributed by atoms with Gasteiger partial charge in [0.1, 0.15) is 44.5 Å². The molecule has 53 heavy (non-hydrogen) atoms. The summed E-state index contributed by atoms with van der Waals surface area (Å²) >= 11 is 0. The van der Waals surface area contributed by atoms with E-state index in [9.17, 15) is 36.2 Å². The van der Waals surface area contributed by atoms with E-state index >= 15 is 0 Å². The van der Waals surface area contributed by atoms with Gasteiger partial charge in [-0.05, 0) is 35.0 Å². The molecule has 0 atom stereocenters. The Morgan fingerprint density at radius 1 is 0.566 bits per heavy atom. The van der Waals surface area contributed by atoms with Crippen molar-refractivity contribution in [1.29, 1.82) is 21.0 Å². The van der Waals surface area contributed by atoms with E-state index in [2.05, 4.69) is 40.4 Å². The average molecular weight is 789 g/mol. The molecule has 0 aliphatic carbocycles. The molecular formula is C30H10N12NiO8S2-4. The number of nitrogens with zero attached hydrogens (tertiary/aromatic N) is 12. The van der Waals surface area contributed by atoms with Gasteiger partial charge in [-0.25, -0.2) is 27.1 Å². The molecule has 0 aliphatic rings. The predicted molar refractivity (Wildman–Crippen MR) is 165 cm³/mol. The number of rotatable bonds is 6. The van der Waals surface area contributed by atoms with Crippen LogP contribution in [-0.2, 0) is 36.7 Å². The van der Waals surface area contributed by atoms with Crippen LogP contribution in [0.4, 0.5) is 23.3 Å². The summed E-state index contributed by atoms with van der Waals surface area (Å²) in [6.45, 7) is 0. The van der Waals surface area contributed by atoms with Gasteiger partial charge in [0, 0.05) is 22.7 Å². The minimum atomic E-state index is -4.64. The van der Waals surface area contributed by atoms with Crippen LogP contribution < -0.4 is 20.2 Å². The molecule has 6 aromatic rings. The third kappa shape index (κ3) is 8.45. The predicted octanol–water partition coefficient (Wildman–Crippen LogP) is 2.65. The fraction of sp³-hybridized carbons (Fsp3) is 0. The molecule has 0 spiro atoms. The van der Waals surface area contributed by atoms with Crippen molar-refractivity contribution < 1.29 is 52.6 Å². The summed E-state index contributed by atoms with van der Waals surface area (Å²) in [6.07, 6.45) is 0. The fourth-order valence-electron chi connectivity index (χ4n) is 4.31. The Hall–Kier alpha value is -7.11. The van der Waals surface area contributed by atoms with Gasteiger partial charge in [-0.15, -0.1) is 0 Å². The quantitative estimate of drug-likeness (QED) is 0.133. The second-order valence-corrected chi connectivity index (χ2v) is 12.5. The van der Waals surface area contributed by atoms with Crippen LogP contribution in [0.5, 0.6) is 11.5 Å². The number of hydrogen-bond donors (Lipinski definition) is 0. The van der Waals surface area contributed by atoms with Crippen LogP contribution in [0, 0.1) is 45.3 Å². The average Bonchev–Trinajstić information content (AvgIpc) is 3.73. The number of nitriles is 4. The standard InChI is InChI=1S/2C15H7N6O4S.Ni/c2*16-6-11-12(7-17)19-15(18-11)21-20-14-10-3-2-9(26(23,24)25)5-8(10)1-4-13(14)22;/h2*1-5H,(H2-,18,19,20,21,22,23,24,25);/q2*-1;+2/p-4. The molecule has 0 N–H and O–H groups in total. The summed E-state index contributed by atoms with van der Waals surface area (Å²) < 4.78 is 66.6. The number of fused-ring (bicyclic) bond motifs is 2. The summed E-state index contributed by atoms with van der Waals surface area (Å²) in [5, 5.41) is 75.3. The molecule has 0 unspecified atom stereocenters. The second kappa shape index (κ2) is 15.4. The van der Waals surface area contributed by atoms with E-state index in [1.165, 1.54) is 24.3 Å². The normalized spacial score (nSPS) is 11.3.